The van der Waals surface area contributed by atoms with Crippen LogP contribution >= 0.6 is 0 Å². The maximum absolute atomic E-state index is 13.7. The average Bonchev–Trinajstić information content (AvgIpc) is 3.02. The summed E-state index contributed by atoms with van der Waals surface area (Å²) in [4.78, 5) is 13.7. The molecule has 0 aliphatic heterocycles. The third-order valence-electron chi connectivity index (χ3n) is 7.12. The van der Waals surface area contributed by atoms with E-state index in [0.717, 1.165) is 11.1 Å². The number of benzene rings is 3. The second-order valence-corrected chi connectivity index (χ2v) is 18.8. The third-order valence-corrected chi connectivity index (χ3v) is 20.5. The molecule has 35 heavy (non-hydrogen) atoms. The monoisotopic (exact) mass is 556 g/mol. The van der Waals surface area contributed by atoms with Gasteiger partial charge in [-0.2, -0.15) is 0 Å². The fourth-order valence-corrected chi connectivity index (χ4v) is 20.0. The summed E-state index contributed by atoms with van der Waals surface area (Å²) in [5, 5.41) is 2.83. The van der Waals surface area contributed by atoms with Gasteiger partial charge in [0.25, 0.3) is 0 Å². The largest absolute Gasteiger partial charge is 1.00 e. The summed E-state index contributed by atoms with van der Waals surface area (Å²) in [7, 11) is 0. The van der Waals surface area contributed by atoms with Crippen LogP contribution < -0.4 is 39.0 Å². The van der Waals surface area contributed by atoms with E-state index < -0.39 is 24.0 Å². The van der Waals surface area contributed by atoms with Crippen molar-refractivity contribution in [3.05, 3.63) is 117 Å². The van der Waals surface area contributed by atoms with Crippen LogP contribution in [0.5, 0.6) is 0 Å². The minimum atomic E-state index is -2.30. The van der Waals surface area contributed by atoms with Crippen molar-refractivity contribution >= 4 is 22.9 Å². The average molecular weight is 557 g/mol. The number of nitrogens with one attached hydrogen (secondary N) is 1. The molecule has 181 valence electrons. The summed E-state index contributed by atoms with van der Waals surface area (Å²) in [6.45, 7) is 9.44. The first-order valence-electron chi connectivity index (χ1n) is 11.6. The molecule has 0 saturated heterocycles. The van der Waals surface area contributed by atoms with Crippen molar-refractivity contribution in [2.75, 3.05) is 0 Å². The fraction of sp³-hybridized carbons (Fsp3) is 0.207. The molecule has 2 nitrogen and oxygen atoms in total. The van der Waals surface area contributed by atoms with Gasteiger partial charge in [-0.3, -0.25) is 0 Å². The van der Waals surface area contributed by atoms with Crippen LogP contribution in [0.1, 0.15) is 43.6 Å². The number of aryl methyl sites for hydroxylation is 1. The van der Waals surface area contributed by atoms with Gasteiger partial charge in [0.2, 0.25) is 0 Å². The Morgan fingerprint density at radius 1 is 0.743 bits per heavy atom. The summed E-state index contributed by atoms with van der Waals surface area (Å²) < 4.78 is 5.26. The van der Waals surface area contributed by atoms with E-state index in [1.54, 1.807) is 0 Å². The topological polar surface area (TPSA) is 29.1 Å². The molecule has 1 atom stereocenters. The molecule has 0 aromatic heterocycles. The summed E-state index contributed by atoms with van der Waals surface area (Å²) >= 11 is -2.30. The molecule has 1 N–H and O–H groups in total. The predicted molar refractivity (Wildman–Crippen MR) is 138 cm³/mol. The summed E-state index contributed by atoms with van der Waals surface area (Å²) in [6, 6.07) is 29.8. The van der Waals surface area contributed by atoms with Crippen LogP contribution in [0.4, 0.5) is 0 Å². The molecule has 0 bridgehead atoms. The zero-order valence-electron chi connectivity index (χ0n) is 20.9. The molecule has 3 aromatic rings. The molecule has 1 aliphatic rings. The predicted octanol–water partition coefficient (Wildman–Crippen LogP) is -0.936. The van der Waals surface area contributed by atoms with Gasteiger partial charge < -0.3 is 24.8 Å². The van der Waals surface area contributed by atoms with E-state index in [-0.39, 0.29) is 30.7 Å². The van der Waals surface area contributed by atoms with Gasteiger partial charge in [0.05, 0.1) is 0 Å². The Kier molecular flexibility index (Phi) is 10.8. The standard InChI is InChI=1S/C12H11Si.C9H13.C8H9NO.2ClH.Ti/c1-3-7-11(8-4-1)13-12-9-5-2-6-10-12;1-6-5-7(2)9(4)8(6)3;1-6-4-2-3-5-7(6)8(9)10;;;/h1-10,13H;6H,1-4H3;2-5H,1H3,(H2,9,10);2*1H;/q;;;;;+3/p-3. The Hall–Kier alpha value is -1.88. The normalized spacial score (nSPS) is 15.0. The summed E-state index contributed by atoms with van der Waals surface area (Å²) in [6.07, 6.45) is 0. The molecule has 0 heterocycles. The number of carbonyl (C=O) groups excluding carboxylic acids is 1. The van der Waals surface area contributed by atoms with E-state index in [4.69, 9.17) is 0 Å². The van der Waals surface area contributed by atoms with Crippen LogP contribution in [0.2, 0.25) is 0 Å². The van der Waals surface area contributed by atoms with Gasteiger partial charge in [0, 0.05) is 0 Å². The van der Waals surface area contributed by atoms with Crippen molar-refractivity contribution in [3.8, 4) is 0 Å². The zero-order valence-corrected chi connectivity index (χ0v) is 25.1. The minimum absolute atomic E-state index is 0. The van der Waals surface area contributed by atoms with Crippen molar-refractivity contribution in [2.45, 2.75) is 34.6 Å². The Morgan fingerprint density at radius 2 is 1.23 bits per heavy atom. The SMILES string of the molecule is CC1=C(C)C(C)[C]([Ti+2]([NH]C(=O)c2ccccc2C)[SiH](c2ccccc2)c2ccccc2)=C1C.[Cl-].[Cl-]. The zero-order chi connectivity index (χ0) is 23.5. The Labute approximate surface area is 229 Å². The molecule has 0 radical (unpaired) electrons. The first-order valence-corrected chi connectivity index (χ1v) is 17.6. The Balaban J connectivity index is 0.00000216. The molecular weight excluding hydrogens is 525 g/mol. The smallest absolute Gasteiger partial charge is 1.00 e. The van der Waals surface area contributed by atoms with Crippen molar-refractivity contribution in [2.24, 2.45) is 5.92 Å². The van der Waals surface area contributed by atoms with Crippen molar-refractivity contribution in [1.82, 2.24) is 3.80 Å². The van der Waals surface area contributed by atoms with Gasteiger partial charge in [-0.1, -0.05) is 0 Å². The van der Waals surface area contributed by atoms with Crippen LogP contribution in [0.3, 0.4) is 0 Å². The maximum Gasteiger partial charge on any atom is -1.00 e. The Bertz CT molecular complexity index is 1190. The van der Waals surface area contributed by atoms with Crippen LogP contribution in [-0.4, -0.2) is 12.6 Å². The number of allylic oxidation sites excluding steroid dienone is 4. The fourth-order valence-electron chi connectivity index (χ4n) is 4.93. The number of amides is 1. The number of halogens is 2. The minimum Gasteiger partial charge on any atom is -1.00 e. The van der Waals surface area contributed by atoms with Gasteiger partial charge in [0.1, 0.15) is 0 Å². The third kappa shape index (κ3) is 6.10. The van der Waals surface area contributed by atoms with E-state index in [2.05, 4.69) is 92.2 Å². The number of hydrogen-bond acceptors (Lipinski definition) is 1. The van der Waals surface area contributed by atoms with Gasteiger partial charge in [-0.05, 0) is 0 Å². The van der Waals surface area contributed by atoms with Crippen LogP contribution in [0.25, 0.3) is 0 Å². The molecule has 0 fully saturated rings. The van der Waals surface area contributed by atoms with Crippen LogP contribution in [0.15, 0.2) is 106 Å². The van der Waals surface area contributed by atoms with Gasteiger partial charge in [-0.15, -0.1) is 0 Å². The van der Waals surface area contributed by atoms with E-state index in [9.17, 15) is 4.79 Å². The van der Waals surface area contributed by atoms with E-state index in [1.807, 2.05) is 31.2 Å². The molecule has 0 spiro atoms. The summed E-state index contributed by atoms with van der Waals surface area (Å²) in [5.41, 5.74) is 6.08. The number of carbonyl (C=O) groups is 1. The number of rotatable bonds is 6. The maximum atomic E-state index is 13.7. The molecule has 6 heteroatoms. The second-order valence-electron chi connectivity index (χ2n) is 9.01. The van der Waals surface area contributed by atoms with Gasteiger partial charge in [0.15, 0.2) is 0 Å². The van der Waals surface area contributed by atoms with Crippen molar-refractivity contribution in [3.63, 3.8) is 0 Å². The number of hydrogen-bond donors (Lipinski definition) is 1. The first kappa shape index (κ1) is 29.4. The Morgan fingerprint density at radius 3 is 1.69 bits per heavy atom. The first-order chi connectivity index (χ1) is 15.9. The van der Waals surface area contributed by atoms with E-state index >= 15 is 0 Å². The molecule has 0 saturated carbocycles. The van der Waals surface area contributed by atoms with Gasteiger partial charge in [-0.25, -0.2) is 0 Å². The second kappa shape index (κ2) is 12.9. The van der Waals surface area contributed by atoms with Crippen molar-refractivity contribution < 1.29 is 47.0 Å². The van der Waals surface area contributed by atoms with E-state index in [1.165, 1.54) is 31.0 Å². The van der Waals surface area contributed by atoms with Crippen LogP contribution in [0, 0.1) is 12.8 Å². The van der Waals surface area contributed by atoms with Crippen LogP contribution in [-0.2, 0) is 17.4 Å². The molecule has 1 aliphatic carbocycles. The molecule has 1 unspecified atom stereocenters. The quantitative estimate of drug-likeness (QED) is 0.390. The van der Waals surface area contributed by atoms with E-state index in [0.29, 0.717) is 5.92 Å². The molecular formula is C29H32Cl2NOSiTi. The molecule has 1 amide bonds. The van der Waals surface area contributed by atoms with Crippen molar-refractivity contribution in [1.29, 1.82) is 0 Å². The molecule has 4 rings (SSSR count). The molecule has 3 aromatic carbocycles. The van der Waals surface area contributed by atoms with Gasteiger partial charge >= 0.3 is 206 Å². The summed E-state index contributed by atoms with van der Waals surface area (Å²) in [5.74, 6) is 0.474.